The first kappa shape index (κ1) is 16.3. The van der Waals surface area contributed by atoms with Gasteiger partial charge in [-0.2, -0.15) is 0 Å². The number of anilines is 1. The molecule has 0 atom stereocenters. The summed E-state index contributed by atoms with van der Waals surface area (Å²) in [5.74, 6) is 0.600. The molecule has 0 unspecified atom stereocenters. The van der Waals surface area contributed by atoms with E-state index in [4.69, 9.17) is 27.9 Å². The standard InChI is InChI=1S/C15H14BrCl2NO2/c1-2-21-12-5-3-4-9(15(12)20)8-19-11-7-6-10(16)13(17)14(11)18/h3-7,19-20H,2,8H2,1H3. The van der Waals surface area contributed by atoms with Gasteiger partial charge >= 0.3 is 0 Å². The molecule has 2 rings (SSSR count). The molecule has 2 aromatic carbocycles. The predicted octanol–water partition coefficient (Wildman–Crippen LogP) is 5.47. The Bertz CT molecular complexity index is 650. The molecule has 21 heavy (non-hydrogen) atoms. The smallest absolute Gasteiger partial charge is 0.162 e. The van der Waals surface area contributed by atoms with Crippen molar-refractivity contribution in [3.63, 3.8) is 0 Å². The fraction of sp³-hybridized carbons (Fsp3) is 0.200. The number of para-hydroxylation sites is 1. The van der Waals surface area contributed by atoms with Crippen LogP contribution in [0.1, 0.15) is 12.5 Å². The number of phenols is 1. The van der Waals surface area contributed by atoms with Crippen LogP contribution in [0.15, 0.2) is 34.8 Å². The molecule has 0 bridgehead atoms. The molecule has 3 nitrogen and oxygen atoms in total. The zero-order chi connectivity index (χ0) is 15.4. The third-order valence-electron chi connectivity index (χ3n) is 2.89. The monoisotopic (exact) mass is 389 g/mol. The number of ether oxygens (including phenoxy) is 1. The summed E-state index contributed by atoms with van der Waals surface area (Å²) in [4.78, 5) is 0. The zero-order valence-electron chi connectivity index (χ0n) is 11.3. The minimum absolute atomic E-state index is 0.131. The lowest BCUT2D eigenvalue weighted by Gasteiger charge is -2.13. The summed E-state index contributed by atoms with van der Waals surface area (Å²) in [6.07, 6.45) is 0. The molecule has 0 amide bonds. The fourth-order valence-electron chi connectivity index (χ4n) is 1.84. The van der Waals surface area contributed by atoms with Crippen molar-refractivity contribution in [2.45, 2.75) is 13.5 Å². The molecule has 0 saturated heterocycles. The van der Waals surface area contributed by atoms with Crippen molar-refractivity contribution < 1.29 is 9.84 Å². The number of hydrogen-bond donors (Lipinski definition) is 2. The van der Waals surface area contributed by atoms with Gasteiger partial charge in [-0.15, -0.1) is 0 Å². The van der Waals surface area contributed by atoms with Gasteiger partial charge in [0.25, 0.3) is 0 Å². The van der Waals surface area contributed by atoms with Gasteiger partial charge in [-0.1, -0.05) is 35.3 Å². The quantitative estimate of drug-likeness (QED) is 0.664. The van der Waals surface area contributed by atoms with Gasteiger partial charge in [0.2, 0.25) is 0 Å². The van der Waals surface area contributed by atoms with E-state index in [9.17, 15) is 5.11 Å². The summed E-state index contributed by atoms with van der Waals surface area (Å²) in [7, 11) is 0. The van der Waals surface area contributed by atoms with Crippen molar-refractivity contribution >= 4 is 44.8 Å². The van der Waals surface area contributed by atoms with Crippen LogP contribution in [0.2, 0.25) is 10.0 Å². The molecule has 6 heteroatoms. The molecule has 0 aliphatic rings. The topological polar surface area (TPSA) is 41.5 Å². The van der Waals surface area contributed by atoms with Crippen LogP contribution in [0, 0.1) is 0 Å². The maximum atomic E-state index is 10.1. The molecule has 0 heterocycles. The normalized spacial score (nSPS) is 10.5. The van der Waals surface area contributed by atoms with E-state index in [2.05, 4.69) is 21.2 Å². The largest absolute Gasteiger partial charge is 0.504 e. The van der Waals surface area contributed by atoms with Gasteiger partial charge in [0.15, 0.2) is 11.5 Å². The Balaban J connectivity index is 2.17. The highest BCUT2D eigenvalue weighted by molar-refractivity contribution is 9.10. The molecule has 0 aliphatic heterocycles. The molecule has 0 radical (unpaired) electrons. The maximum Gasteiger partial charge on any atom is 0.162 e. The number of rotatable bonds is 5. The van der Waals surface area contributed by atoms with Gasteiger partial charge in [-0.3, -0.25) is 0 Å². The number of halogens is 3. The Morgan fingerprint density at radius 2 is 1.95 bits per heavy atom. The van der Waals surface area contributed by atoms with E-state index in [-0.39, 0.29) is 5.75 Å². The first-order valence-electron chi connectivity index (χ1n) is 6.35. The first-order valence-corrected chi connectivity index (χ1v) is 7.90. The Kier molecular flexibility index (Phi) is 5.62. The number of aromatic hydroxyl groups is 1. The van der Waals surface area contributed by atoms with Crippen LogP contribution in [0.5, 0.6) is 11.5 Å². The molecule has 0 fully saturated rings. The van der Waals surface area contributed by atoms with Gasteiger partial charge in [0.05, 0.1) is 22.3 Å². The van der Waals surface area contributed by atoms with Crippen molar-refractivity contribution in [2.75, 3.05) is 11.9 Å². The molecular weight excluding hydrogens is 377 g/mol. The van der Waals surface area contributed by atoms with Crippen LogP contribution in [0.4, 0.5) is 5.69 Å². The van der Waals surface area contributed by atoms with Crippen LogP contribution in [0.25, 0.3) is 0 Å². The zero-order valence-corrected chi connectivity index (χ0v) is 14.4. The minimum Gasteiger partial charge on any atom is -0.504 e. The number of benzene rings is 2. The highest BCUT2D eigenvalue weighted by Gasteiger charge is 2.11. The van der Waals surface area contributed by atoms with E-state index in [0.29, 0.717) is 34.6 Å². The van der Waals surface area contributed by atoms with Crippen LogP contribution < -0.4 is 10.1 Å². The lowest BCUT2D eigenvalue weighted by molar-refractivity contribution is 0.317. The second-order valence-electron chi connectivity index (χ2n) is 4.27. The third kappa shape index (κ3) is 3.76. The van der Waals surface area contributed by atoms with Gasteiger partial charge in [0, 0.05) is 16.6 Å². The maximum absolute atomic E-state index is 10.1. The minimum atomic E-state index is 0.131. The van der Waals surface area contributed by atoms with Crippen LogP contribution >= 0.6 is 39.1 Å². The van der Waals surface area contributed by atoms with Gasteiger partial charge in [-0.25, -0.2) is 0 Å². The second kappa shape index (κ2) is 7.25. The highest BCUT2D eigenvalue weighted by atomic mass is 79.9. The van der Waals surface area contributed by atoms with Crippen LogP contribution in [-0.4, -0.2) is 11.7 Å². The van der Waals surface area contributed by atoms with Gasteiger partial charge in [-0.05, 0) is 41.1 Å². The van der Waals surface area contributed by atoms with Crippen molar-refractivity contribution in [2.24, 2.45) is 0 Å². The SMILES string of the molecule is CCOc1cccc(CNc2ccc(Br)c(Cl)c2Cl)c1O. The van der Waals surface area contributed by atoms with Crippen molar-refractivity contribution in [3.8, 4) is 11.5 Å². The molecule has 2 N–H and O–H groups in total. The average Bonchev–Trinajstić information content (AvgIpc) is 2.48. The molecule has 0 saturated carbocycles. The van der Waals surface area contributed by atoms with Gasteiger partial charge in [0.1, 0.15) is 0 Å². The lowest BCUT2D eigenvalue weighted by atomic mass is 10.2. The van der Waals surface area contributed by atoms with E-state index in [1.807, 2.05) is 31.2 Å². The molecule has 2 aromatic rings. The van der Waals surface area contributed by atoms with Crippen molar-refractivity contribution in [1.82, 2.24) is 0 Å². The Hall–Kier alpha value is -1.10. The number of nitrogens with one attached hydrogen (secondary N) is 1. The lowest BCUT2D eigenvalue weighted by Crippen LogP contribution is -2.02. The van der Waals surface area contributed by atoms with Gasteiger partial charge < -0.3 is 15.2 Å². The van der Waals surface area contributed by atoms with E-state index in [1.165, 1.54) is 0 Å². The van der Waals surface area contributed by atoms with Crippen LogP contribution in [0.3, 0.4) is 0 Å². The number of hydrogen-bond acceptors (Lipinski definition) is 3. The van der Waals surface area contributed by atoms with E-state index >= 15 is 0 Å². The summed E-state index contributed by atoms with van der Waals surface area (Å²) >= 11 is 15.6. The van der Waals surface area contributed by atoms with E-state index < -0.39 is 0 Å². The summed E-state index contributed by atoms with van der Waals surface area (Å²) in [6, 6.07) is 9.01. The number of phenolic OH excluding ortho intramolecular Hbond substituents is 1. The Morgan fingerprint density at radius 3 is 2.67 bits per heavy atom. The summed E-state index contributed by atoms with van der Waals surface area (Å²) in [6.45, 7) is 2.77. The second-order valence-corrected chi connectivity index (χ2v) is 5.88. The molecular formula is C15H14BrCl2NO2. The molecule has 0 aliphatic carbocycles. The Morgan fingerprint density at radius 1 is 1.19 bits per heavy atom. The molecule has 112 valence electrons. The third-order valence-corrected chi connectivity index (χ3v) is 4.66. The molecule has 0 spiro atoms. The van der Waals surface area contributed by atoms with E-state index in [1.54, 1.807) is 6.07 Å². The summed E-state index contributed by atoms with van der Waals surface area (Å²) in [5, 5.41) is 14.2. The highest BCUT2D eigenvalue weighted by Crippen LogP contribution is 2.36. The summed E-state index contributed by atoms with van der Waals surface area (Å²) in [5.41, 5.74) is 1.42. The van der Waals surface area contributed by atoms with E-state index in [0.717, 1.165) is 10.0 Å². The van der Waals surface area contributed by atoms with Crippen molar-refractivity contribution in [3.05, 3.63) is 50.4 Å². The van der Waals surface area contributed by atoms with Crippen LogP contribution in [-0.2, 0) is 6.54 Å². The summed E-state index contributed by atoms with van der Waals surface area (Å²) < 4.78 is 6.09. The molecule has 0 aromatic heterocycles. The predicted molar refractivity (Wildman–Crippen MR) is 90.8 cm³/mol. The first-order chi connectivity index (χ1) is 10.0. The Labute approximate surface area is 142 Å². The average molecular weight is 391 g/mol. The van der Waals surface area contributed by atoms with Crippen molar-refractivity contribution in [1.29, 1.82) is 0 Å². The fourth-order valence-corrected chi connectivity index (χ4v) is 2.68.